The lowest BCUT2D eigenvalue weighted by Gasteiger charge is -2.15. The van der Waals surface area contributed by atoms with E-state index in [2.05, 4.69) is 10.4 Å². The monoisotopic (exact) mass is 321 g/mol. The third-order valence-corrected chi connectivity index (χ3v) is 2.83. The Hall–Kier alpha value is -2.06. The van der Waals surface area contributed by atoms with Gasteiger partial charge in [0.2, 0.25) is 0 Å². The van der Waals surface area contributed by atoms with Crippen molar-refractivity contribution in [2.24, 2.45) is 5.92 Å². The Labute approximate surface area is 125 Å². The Morgan fingerprint density at radius 2 is 2.05 bits per heavy atom. The highest BCUT2D eigenvalue weighted by atomic mass is 19.4. The smallest absolute Gasteiger partial charge is 0.390 e. The number of aliphatic carboxylic acids is 1. The summed E-state index contributed by atoms with van der Waals surface area (Å²) in [4.78, 5) is 23.0. The first-order chi connectivity index (χ1) is 10.1. The SMILES string of the molecule is CC(C)C[C@@H](NC(=O)c1cnn(CCC(F)(F)F)c1)C(=O)O. The number of carboxylic acid groups (broad SMARTS) is 1. The van der Waals surface area contributed by atoms with E-state index in [-0.39, 0.29) is 17.9 Å². The van der Waals surface area contributed by atoms with Crippen LogP contribution < -0.4 is 5.32 Å². The lowest BCUT2D eigenvalue weighted by atomic mass is 10.0. The van der Waals surface area contributed by atoms with Gasteiger partial charge in [-0.15, -0.1) is 0 Å². The molecule has 6 nitrogen and oxygen atoms in total. The molecule has 124 valence electrons. The Morgan fingerprint density at radius 1 is 1.41 bits per heavy atom. The second-order valence-electron chi connectivity index (χ2n) is 5.35. The number of hydrogen-bond acceptors (Lipinski definition) is 3. The molecule has 0 bridgehead atoms. The van der Waals surface area contributed by atoms with Gasteiger partial charge in [0.25, 0.3) is 5.91 Å². The Bertz CT molecular complexity index is 526. The van der Waals surface area contributed by atoms with Gasteiger partial charge >= 0.3 is 12.1 Å². The second-order valence-corrected chi connectivity index (χ2v) is 5.35. The highest BCUT2D eigenvalue weighted by Crippen LogP contribution is 2.20. The van der Waals surface area contributed by atoms with E-state index in [1.54, 1.807) is 0 Å². The molecule has 1 amide bonds. The van der Waals surface area contributed by atoms with E-state index in [0.717, 1.165) is 17.1 Å². The van der Waals surface area contributed by atoms with Crippen molar-refractivity contribution in [1.29, 1.82) is 0 Å². The molecule has 1 heterocycles. The predicted octanol–water partition coefficient (Wildman–Crippen LogP) is 2.06. The number of aryl methyl sites for hydroxylation is 1. The van der Waals surface area contributed by atoms with Crippen LogP contribution in [0.3, 0.4) is 0 Å². The van der Waals surface area contributed by atoms with Crippen molar-refractivity contribution < 1.29 is 27.9 Å². The number of nitrogens with one attached hydrogen (secondary N) is 1. The molecule has 0 saturated heterocycles. The second kappa shape index (κ2) is 7.28. The lowest BCUT2D eigenvalue weighted by Crippen LogP contribution is -2.41. The van der Waals surface area contributed by atoms with Gasteiger partial charge in [-0.25, -0.2) is 4.79 Å². The normalized spacial score (nSPS) is 13.2. The first-order valence-electron chi connectivity index (χ1n) is 6.71. The lowest BCUT2D eigenvalue weighted by molar-refractivity contribution is -0.140. The molecule has 0 aromatic carbocycles. The van der Waals surface area contributed by atoms with Crippen LogP contribution in [0.1, 0.15) is 37.0 Å². The number of amides is 1. The zero-order valence-corrected chi connectivity index (χ0v) is 12.2. The molecular weight excluding hydrogens is 303 g/mol. The molecule has 0 aliphatic carbocycles. The molecule has 0 spiro atoms. The van der Waals surface area contributed by atoms with Gasteiger partial charge in [-0.2, -0.15) is 18.3 Å². The van der Waals surface area contributed by atoms with Crippen molar-refractivity contribution in [3.63, 3.8) is 0 Å². The maximum Gasteiger partial charge on any atom is 0.390 e. The fourth-order valence-electron chi connectivity index (χ4n) is 1.78. The molecule has 0 aliphatic rings. The number of halogens is 3. The highest BCUT2D eigenvalue weighted by molar-refractivity contribution is 5.96. The van der Waals surface area contributed by atoms with Crippen molar-refractivity contribution in [1.82, 2.24) is 15.1 Å². The molecule has 0 aliphatic heterocycles. The van der Waals surface area contributed by atoms with Gasteiger partial charge < -0.3 is 10.4 Å². The topological polar surface area (TPSA) is 84.2 Å². The van der Waals surface area contributed by atoms with Gasteiger partial charge in [0.15, 0.2) is 0 Å². The molecule has 1 rings (SSSR count). The summed E-state index contributed by atoms with van der Waals surface area (Å²) in [6.45, 7) is 3.24. The number of aromatic nitrogens is 2. The largest absolute Gasteiger partial charge is 0.480 e. The van der Waals surface area contributed by atoms with Crippen LogP contribution in [0.4, 0.5) is 13.2 Å². The average Bonchev–Trinajstić information content (AvgIpc) is 2.82. The Kier molecular flexibility index (Phi) is 5.95. The fourth-order valence-corrected chi connectivity index (χ4v) is 1.78. The van der Waals surface area contributed by atoms with Crippen LogP contribution in [0.25, 0.3) is 0 Å². The van der Waals surface area contributed by atoms with Crippen LogP contribution >= 0.6 is 0 Å². The van der Waals surface area contributed by atoms with E-state index in [1.165, 1.54) is 0 Å². The van der Waals surface area contributed by atoms with Crippen LogP contribution in [-0.2, 0) is 11.3 Å². The number of carbonyl (C=O) groups is 2. The molecule has 0 radical (unpaired) electrons. The first kappa shape index (κ1) is 18.0. The molecule has 0 unspecified atom stereocenters. The van der Waals surface area contributed by atoms with Gasteiger partial charge in [-0.1, -0.05) is 13.8 Å². The van der Waals surface area contributed by atoms with Crippen LogP contribution in [0.5, 0.6) is 0 Å². The molecule has 0 saturated carbocycles. The summed E-state index contributed by atoms with van der Waals surface area (Å²) < 4.78 is 37.3. The van der Waals surface area contributed by atoms with E-state index < -0.39 is 37.1 Å². The maximum absolute atomic E-state index is 12.1. The van der Waals surface area contributed by atoms with Gasteiger partial charge in [0.05, 0.1) is 18.2 Å². The number of carboxylic acids is 1. The van der Waals surface area contributed by atoms with Crippen molar-refractivity contribution in [2.45, 2.75) is 45.5 Å². The summed E-state index contributed by atoms with van der Waals surface area (Å²) in [6, 6.07) is -1.05. The standard InChI is InChI=1S/C13H18F3N3O3/c1-8(2)5-10(12(21)22)18-11(20)9-6-17-19(7-9)4-3-13(14,15)16/h6-8,10H,3-5H2,1-2H3,(H,18,20)(H,21,22)/t10-/m1/s1. The Balaban J connectivity index is 2.65. The number of alkyl halides is 3. The number of carbonyl (C=O) groups excluding carboxylic acids is 1. The van der Waals surface area contributed by atoms with E-state index in [0.29, 0.717) is 0 Å². The molecule has 1 aromatic heterocycles. The summed E-state index contributed by atoms with van der Waals surface area (Å²) in [6.07, 6.45) is -2.83. The van der Waals surface area contributed by atoms with Gasteiger partial charge in [-0.3, -0.25) is 9.48 Å². The first-order valence-corrected chi connectivity index (χ1v) is 6.71. The molecule has 9 heteroatoms. The number of hydrogen-bond donors (Lipinski definition) is 2. The van der Waals surface area contributed by atoms with Crippen molar-refractivity contribution in [3.05, 3.63) is 18.0 Å². The number of rotatable bonds is 7. The third kappa shape index (κ3) is 6.15. The quantitative estimate of drug-likeness (QED) is 0.805. The predicted molar refractivity (Wildman–Crippen MR) is 71.2 cm³/mol. The van der Waals surface area contributed by atoms with Crippen LogP contribution in [0, 0.1) is 5.92 Å². The van der Waals surface area contributed by atoms with Crippen LogP contribution in [0.2, 0.25) is 0 Å². The highest BCUT2D eigenvalue weighted by Gasteiger charge is 2.27. The summed E-state index contributed by atoms with van der Waals surface area (Å²) in [5.74, 6) is -1.77. The summed E-state index contributed by atoms with van der Waals surface area (Å²) in [7, 11) is 0. The minimum Gasteiger partial charge on any atom is -0.480 e. The summed E-state index contributed by atoms with van der Waals surface area (Å²) >= 11 is 0. The molecule has 1 atom stereocenters. The maximum atomic E-state index is 12.1. The van der Waals surface area contributed by atoms with E-state index in [1.807, 2.05) is 13.8 Å². The van der Waals surface area contributed by atoms with Crippen molar-refractivity contribution in [2.75, 3.05) is 0 Å². The van der Waals surface area contributed by atoms with Crippen LogP contribution in [-0.4, -0.2) is 39.0 Å². The van der Waals surface area contributed by atoms with Crippen LogP contribution in [0.15, 0.2) is 12.4 Å². The molecule has 22 heavy (non-hydrogen) atoms. The summed E-state index contributed by atoms with van der Waals surface area (Å²) in [5.41, 5.74) is 0.0252. The minimum atomic E-state index is -4.31. The zero-order chi connectivity index (χ0) is 16.9. The van der Waals surface area contributed by atoms with Gasteiger partial charge in [-0.05, 0) is 12.3 Å². The van der Waals surface area contributed by atoms with Crippen molar-refractivity contribution >= 4 is 11.9 Å². The van der Waals surface area contributed by atoms with Crippen molar-refractivity contribution in [3.8, 4) is 0 Å². The van der Waals surface area contributed by atoms with E-state index in [9.17, 15) is 22.8 Å². The minimum absolute atomic E-state index is 0.0252. The van der Waals surface area contributed by atoms with Gasteiger partial charge in [0, 0.05) is 12.7 Å². The molecular formula is C13H18F3N3O3. The molecule has 0 fully saturated rings. The van der Waals surface area contributed by atoms with E-state index in [4.69, 9.17) is 5.11 Å². The molecule has 1 aromatic rings. The summed E-state index contributed by atoms with van der Waals surface area (Å²) in [5, 5.41) is 15.0. The average molecular weight is 321 g/mol. The van der Waals surface area contributed by atoms with E-state index >= 15 is 0 Å². The fraction of sp³-hybridized carbons (Fsp3) is 0.615. The third-order valence-electron chi connectivity index (χ3n) is 2.83. The number of nitrogens with zero attached hydrogens (tertiary/aromatic N) is 2. The van der Waals surface area contributed by atoms with Gasteiger partial charge in [0.1, 0.15) is 6.04 Å². The Morgan fingerprint density at radius 3 is 2.55 bits per heavy atom. The zero-order valence-electron chi connectivity index (χ0n) is 12.2. The molecule has 2 N–H and O–H groups in total.